The largest absolute Gasteiger partial charge is 0.355 e. The second kappa shape index (κ2) is 8.82. The van der Waals surface area contributed by atoms with Crippen molar-refractivity contribution in [2.75, 3.05) is 12.3 Å². The summed E-state index contributed by atoms with van der Waals surface area (Å²) in [5, 5.41) is 9.90. The highest BCUT2D eigenvalue weighted by Crippen LogP contribution is 2.19. The van der Waals surface area contributed by atoms with Gasteiger partial charge < -0.3 is 5.32 Å². The zero-order valence-electron chi connectivity index (χ0n) is 13.1. The fraction of sp³-hybridized carbons (Fsp3) is 0.667. The second-order valence-corrected chi connectivity index (χ2v) is 6.40. The highest BCUT2D eigenvalue weighted by atomic mass is 32.2. The minimum atomic E-state index is -0.214. The third kappa shape index (κ3) is 5.05. The monoisotopic (exact) mass is 324 g/mol. The van der Waals surface area contributed by atoms with Crippen molar-refractivity contribution in [3.05, 3.63) is 22.1 Å². The molecule has 0 bridgehead atoms. The number of aromatic amines is 1. The number of aromatic nitrogens is 3. The van der Waals surface area contributed by atoms with Crippen LogP contribution in [0, 0.1) is 0 Å². The Hall–Kier alpha value is -1.50. The van der Waals surface area contributed by atoms with E-state index in [-0.39, 0.29) is 17.3 Å². The first kappa shape index (κ1) is 16.9. The third-order valence-electron chi connectivity index (χ3n) is 3.66. The fourth-order valence-corrected chi connectivity index (χ4v) is 3.31. The number of amides is 1. The van der Waals surface area contributed by atoms with Crippen molar-refractivity contribution in [3.63, 3.8) is 0 Å². The Kier molecular flexibility index (Phi) is 6.76. The molecule has 0 saturated carbocycles. The van der Waals surface area contributed by atoms with Crippen molar-refractivity contribution >= 4 is 17.7 Å². The number of rotatable bonds is 8. The molecule has 0 fully saturated rings. The molecule has 1 aromatic rings. The van der Waals surface area contributed by atoms with Crippen molar-refractivity contribution in [3.8, 4) is 0 Å². The molecule has 7 heteroatoms. The summed E-state index contributed by atoms with van der Waals surface area (Å²) in [7, 11) is 0. The second-order valence-electron chi connectivity index (χ2n) is 5.46. The minimum Gasteiger partial charge on any atom is -0.355 e. The summed E-state index contributed by atoms with van der Waals surface area (Å²) in [5.74, 6) is 0.271. The first-order valence-corrected chi connectivity index (χ1v) is 8.92. The number of nitrogens with zero attached hydrogens (tertiary/aromatic N) is 2. The fourth-order valence-electron chi connectivity index (χ4n) is 2.51. The Morgan fingerprint density at radius 1 is 1.50 bits per heavy atom. The molecule has 2 N–H and O–H groups in total. The maximum atomic E-state index is 11.9. The summed E-state index contributed by atoms with van der Waals surface area (Å²) in [6, 6.07) is 0. The van der Waals surface area contributed by atoms with E-state index in [0.29, 0.717) is 18.2 Å². The maximum Gasteiger partial charge on any atom is 0.343 e. The molecule has 0 unspecified atom stereocenters. The van der Waals surface area contributed by atoms with Gasteiger partial charge in [0.15, 0.2) is 5.16 Å². The van der Waals surface area contributed by atoms with Gasteiger partial charge in [-0.25, -0.2) is 9.89 Å². The number of carbonyl (C=O) groups is 1. The van der Waals surface area contributed by atoms with Crippen LogP contribution in [0.15, 0.2) is 21.6 Å². The molecular weight excluding hydrogens is 300 g/mol. The van der Waals surface area contributed by atoms with Gasteiger partial charge >= 0.3 is 5.69 Å². The van der Waals surface area contributed by atoms with Crippen LogP contribution in [-0.4, -0.2) is 33.0 Å². The van der Waals surface area contributed by atoms with Gasteiger partial charge in [0.1, 0.15) is 0 Å². The molecule has 0 saturated heterocycles. The Balaban J connectivity index is 1.71. The van der Waals surface area contributed by atoms with E-state index in [9.17, 15) is 9.59 Å². The topological polar surface area (TPSA) is 79.8 Å². The van der Waals surface area contributed by atoms with Gasteiger partial charge in [0.25, 0.3) is 0 Å². The summed E-state index contributed by atoms with van der Waals surface area (Å²) < 4.78 is 1.57. The summed E-state index contributed by atoms with van der Waals surface area (Å²) in [6.07, 6.45) is 9.00. The van der Waals surface area contributed by atoms with E-state index >= 15 is 0 Å². The SMILES string of the molecule is CCCn1c(SCC(=O)NCCC2=CCCCC2)n[nH]c1=O. The average molecular weight is 324 g/mol. The molecule has 1 heterocycles. The van der Waals surface area contributed by atoms with E-state index in [0.717, 1.165) is 12.8 Å². The Labute approximate surface area is 134 Å². The van der Waals surface area contributed by atoms with Crippen LogP contribution in [0.4, 0.5) is 0 Å². The van der Waals surface area contributed by atoms with E-state index in [1.807, 2.05) is 6.92 Å². The van der Waals surface area contributed by atoms with Gasteiger partial charge in [-0.05, 0) is 38.5 Å². The first-order valence-electron chi connectivity index (χ1n) is 7.93. The first-order chi connectivity index (χ1) is 10.7. The maximum absolute atomic E-state index is 11.9. The molecular formula is C15H24N4O2S. The number of hydrogen-bond donors (Lipinski definition) is 2. The van der Waals surface area contributed by atoms with Crippen LogP contribution >= 0.6 is 11.8 Å². The predicted octanol–water partition coefficient (Wildman–Crippen LogP) is 2.08. The van der Waals surface area contributed by atoms with Gasteiger partial charge in [-0.2, -0.15) is 0 Å². The summed E-state index contributed by atoms with van der Waals surface area (Å²) >= 11 is 1.30. The zero-order chi connectivity index (χ0) is 15.8. The number of carbonyl (C=O) groups excluding carboxylic acids is 1. The Bertz CT molecular complexity index is 576. The van der Waals surface area contributed by atoms with Crippen molar-refractivity contribution in [2.24, 2.45) is 0 Å². The lowest BCUT2D eigenvalue weighted by atomic mass is 9.97. The van der Waals surface area contributed by atoms with E-state index in [1.165, 1.54) is 43.0 Å². The molecule has 0 spiro atoms. The van der Waals surface area contributed by atoms with Gasteiger partial charge in [-0.1, -0.05) is 30.3 Å². The van der Waals surface area contributed by atoms with Crippen LogP contribution in [-0.2, 0) is 11.3 Å². The van der Waals surface area contributed by atoms with Crippen LogP contribution < -0.4 is 11.0 Å². The van der Waals surface area contributed by atoms with Crippen LogP contribution in [0.1, 0.15) is 45.4 Å². The van der Waals surface area contributed by atoms with Gasteiger partial charge in [-0.3, -0.25) is 9.36 Å². The molecule has 1 amide bonds. The number of thioether (sulfide) groups is 1. The molecule has 2 rings (SSSR count). The van der Waals surface area contributed by atoms with E-state index in [2.05, 4.69) is 21.6 Å². The average Bonchev–Trinajstić information content (AvgIpc) is 2.87. The van der Waals surface area contributed by atoms with Crippen LogP contribution in [0.25, 0.3) is 0 Å². The molecule has 0 aliphatic heterocycles. The lowest BCUT2D eigenvalue weighted by Gasteiger charge is -2.12. The summed E-state index contributed by atoms with van der Waals surface area (Å²) in [5.41, 5.74) is 1.25. The molecule has 22 heavy (non-hydrogen) atoms. The quantitative estimate of drug-likeness (QED) is 0.567. The molecule has 0 radical (unpaired) electrons. The van der Waals surface area contributed by atoms with E-state index < -0.39 is 0 Å². The molecule has 1 aliphatic carbocycles. The van der Waals surface area contributed by atoms with E-state index in [1.54, 1.807) is 4.57 Å². The van der Waals surface area contributed by atoms with Crippen molar-refractivity contribution < 1.29 is 4.79 Å². The number of hydrogen-bond acceptors (Lipinski definition) is 4. The minimum absolute atomic E-state index is 0.0140. The van der Waals surface area contributed by atoms with Crippen molar-refractivity contribution in [2.45, 2.75) is 57.1 Å². The standard InChI is InChI=1S/C15H24N4O2S/c1-2-10-19-14(21)17-18-15(19)22-11-13(20)16-9-8-12-6-4-3-5-7-12/h6H,2-5,7-11H2,1H3,(H,16,20)(H,17,21). The lowest BCUT2D eigenvalue weighted by molar-refractivity contribution is -0.118. The van der Waals surface area contributed by atoms with Crippen LogP contribution in [0.2, 0.25) is 0 Å². The van der Waals surface area contributed by atoms with Gasteiger partial charge in [0.2, 0.25) is 5.91 Å². The molecule has 122 valence electrons. The third-order valence-corrected chi connectivity index (χ3v) is 4.63. The summed E-state index contributed by atoms with van der Waals surface area (Å²) in [4.78, 5) is 23.4. The van der Waals surface area contributed by atoms with Gasteiger partial charge in [0.05, 0.1) is 5.75 Å². The Morgan fingerprint density at radius 3 is 3.09 bits per heavy atom. The lowest BCUT2D eigenvalue weighted by Crippen LogP contribution is -2.27. The normalized spacial score (nSPS) is 14.7. The number of nitrogens with one attached hydrogen (secondary N) is 2. The Morgan fingerprint density at radius 2 is 2.36 bits per heavy atom. The molecule has 0 atom stereocenters. The van der Waals surface area contributed by atoms with Crippen molar-refractivity contribution in [1.82, 2.24) is 20.1 Å². The van der Waals surface area contributed by atoms with Crippen LogP contribution in [0.5, 0.6) is 0 Å². The predicted molar refractivity (Wildman–Crippen MR) is 88.0 cm³/mol. The molecule has 6 nitrogen and oxygen atoms in total. The molecule has 1 aliphatic rings. The van der Waals surface area contributed by atoms with Crippen molar-refractivity contribution in [1.29, 1.82) is 0 Å². The smallest absolute Gasteiger partial charge is 0.343 e. The number of allylic oxidation sites excluding steroid dienone is 1. The zero-order valence-corrected chi connectivity index (χ0v) is 13.9. The number of H-pyrrole nitrogens is 1. The van der Waals surface area contributed by atoms with Crippen LogP contribution in [0.3, 0.4) is 0 Å². The molecule has 0 aromatic carbocycles. The van der Waals surface area contributed by atoms with Gasteiger partial charge in [-0.15, -0.1) is 5.10 Å². The van der Waals surface area contributed by atoms with E-state index in [4.69, 9.17) is 0 Å². The molecule has 1 aromatic heterocycles. The van der Waals surface area contributed by atoms with Gasteiger partial charge in [0, 0.05) is 13.1 Å². The highest BCUT2D eigenvalue weighted by Gasteiger charge is 2.11. The summed E-state index contributed by atoms with van der Waals surface area (Å²) in [6.45, 7) is 3.31. The highest BCUT2D eigenvalue weighted by molar-refractivity contribution is 7.99.